The first-order valence-electron chi connectivity index (χ1n) is 5.46. The van der Waals surface area contributed by atoms with Gasteiger partial charge in [0.2, 0.25) is 0 Å². The Labute approximate surface area is 104 Å². The Hall–Kier alpha value is -1.70. The predicted molar refractivity (Wildman–Crippen MR) is 61.0 cm³/mol. The second-order valence-corrected chi connectivity index (χ2v) is 4.62. The molecule has 0 heterocycles. The van der Waals surface area contributed by atoms with Crippen LogP contribution in [0.3, 0.4) is 0 Å². The topological polar surface area (TPSA) is 33.0 Å². The Kier molecular flexibility index (Phi) is 4.23. The monoisotopic (exact) mass is 257 g/mol. The maximum atomic E-state index is 12.4. The lowest BCUT2D eigenvalue weighted by molar-refractivity contribution is -0.137. The van der Waals surface area contributed by atoms with Crippen molar-refractivity contribution >= 4 is 0 Å². The third kappa shape index (κ3) is 4.28. The number of benzene rings is 1. The van der Waals surface area contributed by atoms with Gasteiger partial charge in [-0.2, -0.15) is 18.4 Å². The van der Waals surface area contributed by atoms with Gasteiger partial charge in [0.15, 0.2) is 0 Å². The molecule has 0 spiro atoms. The lowest BCUT2D eigenvalue weighted by Crippen LogP contribution is -2.13. The maximum absolute atomic E-state index is 12.4. The number of alkyl halides is 3. The van der Waals surface area contributed by atoms with Crippen molar-refractivity contribution in [2.24, 2.45) is 5.41 Å². The molecule has 0 radical (unpaired) electrons. The fourth-order valence-corrected chi connectivity index (χ4v) is 1.24. The standard InChI is InChI=1S/C13H14F3NO/c1-12(2,9-17)6-7-18-11-5-3-4-10(8-11)13(14,15)16/h3-5,8H,6-7H2,1-2H3. The maximum Gasteiger partial charge on any atom is 0.416 e. The third-order valence-electron chi connectivity index (χ3n) is 2.46. The number of hydrogen-bond acceptors (Lipinski definition) is 2. The second kappa shape index (κ2) is 5.30. The van der Waals surface area contributed by atoms with E-state index in [9.17, 15) is 13.2 Å². The summed E-state index contributed by atoms with van der Waals surface area (Å²) in [6.07, 6.45) is -3.91. The van der Waals surface area contributed by atoms with Crippen molar-refractivity contribution in [1.29, 1.82) is 5.26 Å². The molecule has 98 valence electrons. The number of ether oxygens (including phenoxy) is 1. The van der Waals surface area contributed by atoms with Crippen LogP contribution < -0.4 is 4.74 Å². The fourth-order valence-electron chi connectivity index (χ4n) is 1.24. The predicted octanol–water partition coefficient (Wildman–Crippen LogP) is 4.02. The average Bonchev–Trinajstić information content (AvgIpc) is 2.28. The van der Waals surface area contributed by atoms with Crippen molar-refractivity contribution in [2.45, 2.75) is 26.4 Å². The zero-order valence-corrected chi connectivity index (χ0v) is 10.2. The summed E-state index contributed by atoms with van der Waals surface area (Å²) in [4.78, 5) is 0. The molecule has 1 rings (SSSR count). The highest BCUT2D eigenvalue weighted by molar-refractivity contribution is 5.30. The van der Waals surface area contributed by atoms with E-state index in [2.05, 4.69) is 6.07 Å². The highest BCUT2D eigenvalue weighted by atomic mass is 19.4. The summed E-state index contributed by atoms with van der Waals surface area (Å²) in [6, 6.07) is 6.82. The Morgan fingerprint density at radius 3 is 2.50 bits per heavy atom. The molecule has 0 atom stereocenters. The SMILES string of the molecule is CC(C)(C#N)CCOc1cccc(C(F)(F)F)c1. The highest BCUT2D eigenvalue weighted by Gasteiger charge is 2.30. The summed E-state index contributed by atoms with van der Waals surface area (Å²) in [5.74, 6) is 0.165. The minimum Gasteiger partial charge on any atom is -0.494 e. The molecule has 0 bridgehead atoms. The molecule has 0 aromatic heterocycles. The molecule has 0 aliphatic heterocycles. The fraction of sp³-hybridized carbons (Fsp3) is 0.462. The van der Waals surface area contributed by atoms with Crippen LogP contribution in [0.5, 0.6) is 5.75 Å². The summed E-state index contributed by atoms with van der Waals surface area (Å²) >= 11 is 0. The summed E-state index contributed by atoms with van der Waals surface area (Å²) in [7, 11) is 0. The smallest absolute Gasteiger partial charge is 0.416 e. The van der Waals surface area contributed by atoms with Crippen molar-refractivity contribution in [3.05, 3.63) is 29.8 Å². The number of halogens is 3. The van der Waals surface area contributed by atoms with Crippen LogP contribution in [-0.4, -0.2) is 6.61 Å². The first-order chi connectivity index (χ1) is 8.24. The van der Waals surface area contributed by atoms with Gasteiger partial charge in [-0.05, 0) is 38.5 Å². The van der Waals surface area contributed by atoms with Crippen LogP contribution >= 0.6 is 0 Å². The van der Waals surface area contributed by atoms with E-state index in [0.29, 0.717) is 6.42 Å². The third-order valence-corrected chi connectivity index (χ3v) is 2.46. The molecule has 0 aliphatic rings. The van der Waals surface area contributed by atoms with Crippen LogP contribution in [0.4, 0.5) is 13.2 Å². The molecule has 18 heavy (non-hydrogen) atoms. The molecule has 0 fully saturated rings. The lowest BCUT2D eigenvalue weighted by atomic mass is 9.92. The average molecular weight is 257 g/mol. The van der Waals surface area contributed by atoms with Crippen LogP contribution in [0.15, 0.2) is 24.3 Å². The number of nitrogens with zero attached hydrogens (tertiary/aromatic N) is 1. The molecule has 0 unspecified atom stereocenters. The Morgan fingerprint density at radius 2 is 1.94 bits per heavy atom. The van der Waals surface area contributed by atoms with Gasteiger partial charge in [0.1, 0.15) is 5.75 Å². The Bertz CT molecular complexity index is 446. The number of nitriles is 1. The van der Waals surface area contributed by atoms with Gasteiger partial charge in [-0.25, -0.2) is 0 Å². The van der Waals surface area contributed by atoms with E-state index in [-0.39, 0.29) is 12.4 Å². The van der Waals surface area contributed by atoms with Crippen molar-refractivity contribution in [3.63, 3.8) is 0 Å². The van der Waals surface area contributed by atoms with Crippen LogP contribution in [0.2, 0.25) is 0 Å². The normalized spacial score (nSPS) is 12.0. The molecule has 0 saturated carbocycles. The highest BCUT2D eigenvalue weighted by Crippen LogP contribution is 2.31. The Morgan fingerprint density at radius 1 is 1.28 bits per heavy atom. The summed E-state index contributed by atoms with van der Waals surface area (Å²) in [5.41, 5.74) is -1.28. The van der Waals surface area contributed by atoms with Gasteiger partial charge in [0.05, 0.1) is 23.7 Å². The van der Waals surface area contributed by atoms with Crippen molar-refractivity contribution in [3.8, 4) is 11.8 Å². The molecular formula is C13H14F3NO. The van der Waals surface area contributed by atoms with Crippen LogP contribution in [0.25, 0.3) is 0 Å². The van der Waals surface area contributed by atoms with E-state index in [1.807, 2.05) is 0 Å². The van der Waals surface area contributed by atoms with E-state index in [1.54, 1.807) is 13.8 Å². The zero-order valence-electron chi connectivity index (χ0n) is 10.2. The minimum atomic E-state index is -4.37. The molecule has 0 N–H and O–H groups in total. The van der Waals surface area contributed by atoms with Gasteiger partial charge >= 0.3 is 6.18 Å². The van der Waals surface area contributed by atoms with Gasteiger partial charge in [-0.15, -0.1) is 0 Å². The second-order valence-electron chi connectivity index (χ2n) is 4.62. The summed E-state index contributed by atoms with van der Waals surface area (Å²) in [6.45, 7) is 3.72. The zero-order chi connectivity index (χ0) is 13.8. The van der Waals surface area contributed by atoms with E-state index in [4.69, 9.17) is 10.00 Å². The molecule has 0 saturated heterocycles. The van der Waals surface area contributed by atoms with Gasteiger partial charge in [0.25, 0.3) is 0 Å². The van der Waals surface area contributed by atoms with E-state index < -0.39 is 17.2 Å². The first kappa shape index (κ1) is 14.4. The van der Waals surface area contributed by atoms with Crippen LogP contribution in [0.1, 0.15) is 25.8 Å². The number of rotatable bonds is 4. The molecule has 0 amide bonds. The van der Waals surface area contributed by atoms with Crippen molar-refractivity contribution in [1.82, 2.24) is 0 Å². The van der Waals surface area contributed by atoms with Gasteiger partial charge in [0, 0.05) is 0 Å². The summed E-state index contributed by atoms with van der Waals surface area (Å²) in [5, 5.41) is 8.79. The van der Waals surface area contributed by atoms with Crippen molar-refractivity contribution in [2.75, 3.05) is 6.61 Å². The van der Waals surface area contributed by atoms with Crippen LogP contribution in [-0.2, 0) is 6.18 Å². The molecule has 1 aromatic rings. The first-order valence-corrected chi connectivity index (χ1v) is 5.46. The van der Waals surface area contributed by atoms with Crippen LogP contribution in [0, 0.1) is 16.7 Å². The van der Waals surface area contributed by atoms with Crippen molar-refractivity contribution < 1.29 is 17.9 Å². The van der Waals surface area contributed by atoms with E-state index >= 15 is 0 Å². The molecule has 5 heteroatoms. The molecule has 2 nitrogen and oxygen atoms in total. The van der Waals surface area contributed by atoms with E-state index in [1.165, 1.54) is 12.1 Å². The minimum absolute atomic E-state index is 0.165. The Balaban J connectivity index is 2.62. The lowest BCUT2D eigenvalue weighted by Gasteiger charge is -2.15. The molecular weight excluding hydrogens is 243 g/mol. The quantitative estimate of drug-likeness (QED) is 0.816. The number of hydrogen-bond donors (Lipinski definition) is 0. The molecule has 1 aromatic carbocycles. The van der Waals surface area contributed by atoms with E-state index in [0.717, 1.165) is 12.1 Å². The summed E-state index contributed by atoms with van der Waals surface area (Å²) < 4.78 is 42.5. The largest absolute Gasteiger partial charge is 0.494 e. The van der Waals surface area contributed by atoms with Gasteiger partial charge < -0.3 is 4.74 Å². The van der Waals surface area contributed by atoms with Gasteiger partial charge in [-0.1, -0.05) is 6.07 Å². The van der Waals surface area contributed by atoms with Gasteiger partial charge in [-0.3, -0.25) is 0 Å². The molecule has 0 aliphatic carbocycles.